The van der Waals surface area contributed by atoms with E-state index in [0.717, 1.165) is 39.2 Å². The van der Waals surface area contributed by atoms with Crippen molar-refractivity contribution < 1.29 is 4.79 Å². The van der Waals surface area contributed by atoms with Crippen molar-refractivity contribution in [2.24, 2.45) is 0 Å². The van der Waals surface area contributed by atoms with Crippen LogP contribution in [0.25, 0.3) is 11.0 Å². The van der Waals surface area contributed by atoms with Crippen molar-refractivity contribution in [2.45, 2.75) is 37.8 Å². The second kappa shape index (κ2) is 9.40. The molecule has 1 aromatic heterocycles. The summed E-state index contributed by atoms with van der Waals surface area (Å²) in [5.41, 5.74) is 6.73. The number of thioether (sulfide) groups is 1. The Kier molecular flexibility index (Phi) is 6.42. The number of hydrogen-bond acceptors (Lipinski definition) is 4. The minimum absolute atomic E-state index is 0.134. The van der Waals surface area contributed by atoms with Gasteiger partial charge in [-0.2, -0.15) is 0 Å². The number of rotatable bonds is 6. The highest BCUT2D eigenvalue weighted by Gasteiger charge is 2.09. The monoisotopic (exact) mass is 443 g/mol. The van der Waals surface area contributed by atoms with Crippen molar-refractivity contribution >= 4 is 34.4 Å². The molecule has 4 rings (SSSR count). The normalized spacial score (nSPS) is 11.0. The van der Waals surface area contributed by atoms with Gasteiger partial charge in [-0.05, 0) is 85.5 Å². The average molecular weight is 444 g/mol. The maximum absolute atomic E-state index is 12.4. The molecule has 1 amide bonds. The first-order valence-corrected chi connectivity index (χ1v) is 11.5. The van der Waals surface area contributed by atoms with Gasteiger partial charge in [-0.25, -0.2) is 4.98 Å². The van der Waals surface area contributed by atoms with Gasteiger partial charge in [-0.3, -0.25) is 9.59 Å². The highest BCUT2D eigenvalue weighted by atomic mass is 32.2. The van der Waals surface area contributed by atoms with E-state index in [2.05, 4.69) is 22.2 Å². The zero-order valence-electron chi connectivity index (χ0n) is 18.4. The molecule has 0 saturated heterocycles. The molecule has 0 bridgehead atoms. The van der Waals surface area contributed by atoms with Crippen LogP contribution in [0.2, 0.25) is 0 Å². The molecule has 0 atom stereocenters. The molecule has 0 unspecified atom stereocenters. The molecule has 32 heavy (non-hydrogen) atoms. The molecule has 0 aliphatic rings. The molecular formula is C26H25N3O2S. The lowest BCUT2D eigenvalue weighted by Crippen LogP contribution is -2.14. The van der Waals surface area contributed by atoms with E-state index >= 15 is 0 Å². The Balaban J connectivity index is 1.41. The van der Waals surface area contributed by atoms with Gasteiger partial charge in [-0.15, -0.1) is 11.8 Å². The van der Waals surface area contributed by atoms with Gasteiger partial charge in [0.05, 0.1) is 11.0 Å². The first kappa shape index (κ1) is 21.8. The van der Waals surface area contributed by atoms with Gasteiger partial charge in [0, 0.05) is 21.9 Å². The Morgan fingerprint density at radius 2 is 1.69 bits per heavy atom. The topological polar surface area (TPSA) is 74.8 Å². The molecule has 4 aromatic rings. The van der Waals surface area contributed by atoms with Crippen LogP contribution in [0.1, 0.15) is 39.7 Å². The molecule has 0 aliphatic carbocycles. The molecule has 0 spiro atoms. The van der Waals surface area contributed by atoms with Crippen LogP contribution in [0.5, 0.6) is 0 Å². The van der Waals surface area contributed by atoms with Gasteiger partial charge in [0.25, 0.3) is 11.5 Å². The molecule has 3 aromatic carbocycles. The third-order valence-electron chi connectivity index (χ3n) is 5.49. The number of carbonyl (C=O) groups excluding carboxylic acids is 1. The number of aromatic nitrogens is 2. The molecule has 162 valence electrons. The summed E-state index contributed by atoms with van der Waals surface area (Å²) in [7, 11) is 0. The number of aryl methyl sites for hydroxylation is 3. The van der Waals surface area contributed by atoms with E-state index in [0.29, 0.717) is 17.0 Å². The van der Waals surface area contributed by atoms with E-state index in [1.54, 1.807) is 0 Å². The minimum Gasteiger partial charge on any atom is -0.322 e. The van der Waals surface area contributed by atoms with Crippen molar-refractivity contribution in [3.8, 4) is 0 Å². The lowest BCUT2D eigenvalue weighted by atomic mass is 10.1. The molecular weight excluding hydrogens is 418 g/mol. The first-order valence-electron chi connectivity index (χ1n) is 10.6. The summed E-state index contributed by atoms with van der Waals surface area (Å²) in [6.07, 6.45) is 0.945. The lowest BCUT2D eigenvalue weighted by molar-refractivity contribution is 0.102. The molecule has 0 radical (unpaired) electrons. The molecule has 6 heteroatoms. The fraction of sp³-hybridized carbons (Fsp3) is 0.192. The third kappa shape index (κ3) is 4.92. The summed E-state index contributed by atoms with van der Waals surface area (Å²) in [5, 5.41) is 2.92. The van der Waals surface area contributed by atoms with E-state index < -0.39 is 0 Å². The number of aromatic amines is 1. The van der Waals surface area contributed by atoms with Crippen LogP contribution in [-0.2, 0) is 12.2 Å². The first-order chi connectivity index (χ1) is 15.4. The number of H-pyrrole nitrogens is 1. The minimum atomic E-state index is -0.161. The van der Waals surface area contributed by atoms with Crippen molar-refractivity contribution in [3.05, 3.63) is 99.0 Å². The quantitative estimate of drug-likeness (QED) is 0.378. The molecule has 2 N–H and O–H groups in total. The highest BCUT2D eigenvalue weighted by molar-refractivity contribution is 7.98. The van der Waals surface area contributed by atoms with Crippen LogP contribution in [0.3, 0.4) is 0 Å². The molecule has 0 aliphatic heterocycles. The van der Waals surface area contributed by atoms with Crippen LogP contribution >= 0.6 is 11.8 Å². The number of amides is 1. The summed E-state index contributed by atoms with van der Waals surface area (Å²) in [6.45, 7) is 6.14. The predicted molar refractivity (Wildman–Crippen MR) is 132 cm³/mol. The fourth-order valence-electron chi connectivity index (χ4n) is 3.36. The van der Waals surface area contributed by atoms with Crippen molar-refractivity contribution in [1.82, 2.24) is 9.97 Å². The van der Waals surface area contributed by atoms with E-state index in [4.69, 9.17) is 0 Å². The van der Waals surface area contributed by atoms with E-state index in [1.807, 2.05) is 74.5 Å². The number of hydrogen-bond donors (Lipinski definition) is 2. The second-order valence-corrected chi connectivity index (χ2v) is 8.83. The largest absolute Gasteiger partial charge is 0.322 e. The average Bonchev–Trinajstić information content (AvgIpc) is 2.80. The predicted octanol–water partition coefficient (Wildman–Crippen LogP) is 5.65. The highest BCUT2D eigenvalue weighted by Crippen LogP contribution is 2.24. The summed E-state index contributed by atoms with van der Waals surface area (Å²) in [4.78, 5) is 33.4. The van der Waals surface area contributed by atoms with Crippen molar-refractivity contribution in [3.63, 3.8) is 0 Å². The lowest BCUT2D eigenvalue weighted by Gasteiger charge is -2.08. The molecule has 0 fully saturated rings. The Hall–Kier alpha value is -3.38. The van der Waals surface area contributed by atoms with Crippen LogP contribution in [0, 0.1) is 13.8 Å². The third-order valence-corrected chi connectivity index (χ3v) is 6.51. The SMILES string of the molecule is CCc1ccc(C(=O)Nc2ccc(SCc3nc4cc(C)c(C)cc4[nH]c3=O)cc2)cc1. The number of carbonyl (C=O) groups is 1. The van der Waals surface area contributed by atoms with Gasteiger partial charge >= 0.3 is 0 Å². The second-order valence-electron chi connectivity index (χ2n) is 7.78. The van der Waals surface area contributed by atoms with Crippen molar-refractivity contribution in [1.29, 1.82) is 0 Å². The van der Waals surface area contributed by atoms with Gasteiger partial charge in [-0.1, -0.05) is 19.1 Å². The molecule has 1 heterocycles. The van der Waals surface area contributed by atoms with E-state index in [9.17, 15) is 9.59 Å². The number of fused-ring (bicyclic) bond motifs is 1. The maximum atomic E-state index is 12.4. The van der Waals surface area contributed by atoms with Crippen molar-refractivity contribution in [2.75, 3.05) is 5.32 Å². The summed E-state index contributed by atoms with van der Waals surface area (Å²) in [5.74, 6) is 0.332. The van der Waals surface area contributed by atoms with E-state index in [1.165, 1.54) is 17.3 Å². The number of nitrogens with zero attached hydrogens (tertiary/aromatic N) is 1. The van der Waals surface area contributed by atoms with Crippen LogP contribution in [0.15, 0.2) is 70.4 Å². The summed E-state index contributed by atoms with van der Waals surface area (Å²) >= 11 is 1.54. The van der Waals surface area contributed by atoms with Crippen LogP contribution in [-0.4, -0.2) is 15.9 Å². The van der Waals surface area contributed by atoms with Gasteiger partial charge < -0.3 is 10.3 Å². The van der Waals surface area contributed by atoms with Crippen LogP contribution < -0.4 is 10.9 Å². The van der Waals surface area contributed by atoms with E-state index in [-0.39, 0.29) is 11.5 Å². The Morgan fingerprint density at radius 3 is 2.38 bits per heavy atom. The zero-order chi connectivity index (χ0) is 22.7. The number of nitrogens with one attached hydrogen (secondary N) is 2. The number of anilines is 1. The Morgan fingerprint density at radius 1 is 1.00 bits per heavy atom. The Bertz CT molecular complexity index is 1330. The molecule has 5 nitrogen and oxygen atoms in total. The Labute approximate surface area is 191 Å². The summed E-state index contributed by atoms with van der Waals surface area (Å²) in [6, 6.07) is 19.2. The smallest absolute Gasteiger partial charge is 0.271 e. The number of benzene rings is 3. The maximum Gasteiger partial charge on any atom is 0.271 e. The summed E-state index contributed by atoms with van der Waals surface area (Å²) < 4.78 is 0. The van der Waals surface area contributed by atoms with Gasteiger partial charge in [0.1, 0.15) is 5.69 Å². The van der Waals surface area contributed by atoms with Gasteiger partial charge in [0.15, 0.2) is 0 Å². The van der Waals surface area contributed by atoms with Gasteiger partial charge in [0.2, 0.25) is 0 Å². The fourth-order valence-corrected chi connectivity index (χ4v) is 4.19. The zero-order valence-corrected chi connectivity index (χ0v) is 19.2. The standard InChI is InChI=1S/C26H25N3O2S/c1-4-18-5-7-19(8-6-18)25(30)27-20-9-11-21(12-10-20)32-15-24-26(31)29-23-14-17(3)16(2)13-22(23)28-24/h5-14H,4,15H2,1-3H3,(H,27,30)(H,29,31). The molecule has 0 saturated carbocycles. The van der Waals surface area contributed by atoms with Crippen LogP contribution in [0.4, 0.5) is 5.69 Å².